The third kappa shape index (κ3) is 5.71. The molecule has 6 nitrogen and oxygen atoms in total. The molecular weight excluding hydrogens is 260 g/mol. The molecule has 1 aromatic carbocycles. The lowest BCUT2D eigenvalue weighted by Gasteiger charge is -2.12. The number of carboxylic acid groups (broad SMARTS) is 1. The summed E-state index contributed by atoms with van der Waals surface area (Å²) < 4.78 is 5.01. The predicted molar refractivity (Wildman–Crippen MR) is 75.9 cm³/mol. The smallest absolute Gasteiger partial charge is 0.341 e. The summed E-state index contributed by atoms with van der Waals surface area (Å²) >= 11 is 0. The summed E-state index contributed by atoms with van der Waals surface area (Å²) in [6.45, 7) is 4.91. The average molecular weight is 280 g/mol. The van der Waals surface area contributed by atoms with Gasteiger partial charge in [-0.1, -0.05) is 13.8 Å². The summed E-state index contributed by atoms with van der Waals surface area (Å²) in [7, 11) is 0. The fourth-order valence-electron chi connectivity index (χ4n) is 1.50. The molecule has 1 rings (SSSR count). The molecule has 0 heterocycles. The van der Waals surface area contributed by atoms with E-state index < -0.39 is 5.97 Å². The monoisotopic (exact) mass is 280 g/mol. The molecule has 3 N–H and O–H groups in total. The Morgan fingerprint density at radius 1 is 1.30 bits per heavy atom. The number of ether oxygens (including phenoxy) is 1. The van der Waals surface area contributed by atoms with Crippen molar-refractivity contribution < 1.29 is 19.4 Å². The van der Waals surface area contributed by atoms with Gasteiger partial charge in [0.25, 0.3) is 0 Å². The van der Waals surface area contributed by atoms with Crippen LogP contribution in [-0.2, 0) is 9.59 Å². The van der Waals surface area contributed by atoms with Gasteiger partial charge in [0.15, 0.2) is 6.61 Å². The highest BCUT2D eigenvalue weighted by Crippen LogP contribution is 2.16. The molecule has 1 atom stereocenters. The molecule has 0 aliphatic heterocycles. The normalized spacial score (nSPS) is 11.7. The zero-order valence-corrected chi connectivity index (χ0v) is 11.7. The summed E-state index contributed by atoms with van der Waals surface area (Å²) in [5, 5.41) is 14.4. The Morgan fingerprint density at radius 3 is 2.50 bits per heavy atom. The van der Waals surface area contributed by atoms with Gasteiger partial charge < -0.3 is 20.5 Å². The minimum atomic E-state index is -1.03. The Kier molecular flexibility index (Phi) is 6.52. The van der Waals surface area contributed by atoms with Gasteiger partial charge in [-0.15, -0.1) is 0 Å². The summed E-state index contributed by atoms with van der Waals surface area (Å²) in [5.74, 6) is -0.770. The number of hydrogen-bond donors (Lipinski definition) is 3. The van der Waals surface area contributed by atoms with E-state index in [0.29, 0.717) is 18.0 Å². The second-order valence-electron chi connectivity index (χ2n) is 4.40. The van der Waals surface area contributed by atoms with E-state index >= 15 is 0 Å². The Hall–Kier alpha value is -2.08. The fourth-order valence-corrected chi connectivity index (χ4v) is 1.50. The van der Waals surface area contributed by atoms with Crippen LogP contribution in [0.2, 0.25) is 0 Å². The number of carbonyl (C=O) groups excluding carboxylic acids is 1. The first-order chi connectivity index (χ1) is 9.52. The Bertz CT molecular complexity index is 445. The van der Waals surface area contributed by atoms with E-state index in [0.717, 1.165) is 6.54 Å². The average Bonchev–Trinajstić information content (AvgIpc) is 2.43. The number of carboxylic acids is 1. The molecule has 6 heteroatoms. The third-order valence-electron chi connectivity index (χ3n) is 2.63. The lowest BCUT2D eigenvalue weighted by atomic mass is 10.1. The topological polar surface area (TPSA) is 87.7 Å². The van der Waals surface area contributed by atoms with Crippen LogP contribution in [0.4, 0.5) is 5.69 Å². The molecular formula is C14H20N2O4. The molecule has 0 aliphatic rings. The minimum Gasteiger partial charge on any atom is -0.482 e. The van der Waals surface area contributed by atoms with Gasteiger partial charge in [-0.2, -0.15) is 0 Å². The molecule has 0 bridgehead atoms. The van der Waals surface area contributed by atoms with Crippen LogP contribution < -0.4 is 15.4 Å². The number of rotatable bonds is 8. The molecule has 1 unspecified atom stereocenters. The Labute approximate surface area is 118 Å². The van der Waals surface area contributed by atoms with Crippen molar-refractivity contribution in [3.63, 3.8) is 0 Å². The second-order valence-corrected chi connectivity index (χ2v) is 4.40. The third-order valence-corrected chi connectivity index (χ3v) is 2.63. The van der Waals surface area contributed by atoms with E-state index in [1.165, 1.54) is 0 Å². The SMILES string of the molecule is CCNCC(C)C(=O)Nc1ccc(OCC(=O)O)cc1. The summed E-state index contributed by atoms with van der Waals surface area (Å²) in [6, 6.07) is 6.59. The van der Waals surface area contributed by atoms with Crippen LogP contribution in [0.25, 0.3) is 0 Å². The highest BCUT2D eigenvalue weighted by molar-refractivity contribution is 5.92. The summed E-state index contributed by atoms with van der Waals surface area (Å²) in [5.41, 5.74) is 0.654. The van der Waals surface area contributed by atoms with Gasteiger partial charge in [0, 0.05) is 18.2 Å². The number of carbonyl (C=O) groups is 2. The first-order valence-corrected chi connectivity index (χ1v) is 6.49. The molecule has 0 aromatic heterocycles. The van der Waals surface area contributed by atoms with Gasteiger partial charge >= 0.3 is 5.97 Å². The lowest BCUT2D eigenvalue weighted by molar-refractivity contribution is -0.139. The number of nitrogens with one attached hydrogen (secondary N) is 2. The van der Waals surface area contributed by atoms with Crippen molar-refractivity contribution in [2.45, 2.75) is 13.8 Å². The van der Waals surface area contributed by atoms with Crippen molar-refractivity contribution in [2.24, 2.45) is 5.92 Å². The molecule has 110 valence electrons. The maximum absolute atomic E-state index is 11.9. The quantitative estimate of drug-likeness (QED) is 0.668. The van der Waals surface area contributed by atoms with Gasteiger partial charge in [-0.05, 0) is 30.8 Å². The van der Waals surface area contributed by atoms with Crippen LogP contribution in [0.5, 0.6) is 5.75 Å². The maximum atomic E-state index is 11.9. The zero-order valence-electron chi connectivity index (χ0n) is 11.7. The van der Waals surface area contributed by atoms with Gasteiger partial charge in [0.1, 0.15) is 5.75 Å². The van der Waals surface area contributed by atoms with Gasteiger partial charge in [0.05, 0.1) is 0 Å². The fraction of sp³-hybridized carbons (Fsp3) is 0.429. The Balaban J connectivity index is 2.48. The zero-order chi connectivity index (χ0) is 15.0. The molecule has 0 spiro atoms. The first kappa shape index (κ1) is 16.0. The summed E-state index contributed by atoms with van der Waals surface area (Å²) in [6.07, 6.45) is 0. The van der Waals surface area contributed by atoms with Crippen molar-refractivity contribution in [1.29, 1.82) is 0 Å². The van der Waals surface area contributed by atoms with E-state index in [2.05, 4.69) is 10.6 Å². The number of amides is 1. The number of anilines is 1. The van der Waals surface area contributed by atoms with Crippen LogP contribution in [0.15, 0.2) is 24.3 Å². The number of aliphatic carboxylic acids is 1. The maximum Gasteiger partial charge on any atom is 0.341 e. The number of hydrogen-bond acceptors (Lipinski definition) is 4. The highest BCUT2D eigenvalue weighted by Gasteiger charge is 2.12. The van der Waals surface area contributed by atoms with Crippen molar-refractivity contribution in [2.75, 3.05) is 25.0 Å². The largest absolute Gasteiger partial charge is 0.482 e. The van der Waals surface area contributed by atoms with Crippen molar-refractivity contribution in [1.82, 2.24) is 5.32 Å². The van der Waals surface area contributed by atoms with E-state index in [4.69, 9.17) is 9.84 Å². The molecule has 0 saturated heterocycles. The predicted octanol–water partition coefficient (Wildman–Crippen LogP) is 1.33. The minimum absolute atomic E-state index is 0.0647. The van der Waals surface area contributed by atoms with Crippen LogP contribution in [0.1, 0.15) is 13.8 Å². The van der Waals surface area contributed by atoms with E-state index in [1.807, 2.05) is 13.8 Å². The molecule has 1 aromatic rings. The van der Waals surface area contributed by atoms with E-state index in [9.17, 15) is 9.59 Å². The van der Waals surface area contributed by atoms with Crippen molar-refractivity contribution in [3.05, 3.63) is 24.3 Å². The molecule has 0 saturated carbocycles. The molecule has 1 amide bonds. The standard InChI is InChI=1S/C14H20N2O4/c1-3-15-8-10(2)14(19)16-11-4-6-12(7-5-11)20-9-13(17)18/h4-7,10,15H,3,8-9H2,1-2H3,(H,16,19)(H,17,18). The number of benzene rings is 1. The van der Waals surface area contributed by atoms with Crippen molar-refractivity contribution in [3.8, 4) is 5.75 Å². The van der Waals surface area contributed by atoms with Gasteiger partial charge in [0.2, 0.25) is 5.91 Å². The Morgan fingerprint density at radius 2 is 1.95 bits per heavy atom. The van der Waals surface area contributed by atoms with Gasteiger partial charge in [-0.25, -0.2) is 4.79 Å². The lowest BCUT2D eigenvalue weighted by Crippen LogP contribution is -2.30. The van der Waals surface area contributed by atoms with Crippen LogP contribution >= 0.6 is 0 Å². The van der Waals surface area contributed by atoms with Crippen molar-refractivity contribution >= 4 is 17.6 Å². The summed E-state index contributed by atoms with van der Waals surface area (Å²) in [4.78, 5) is 22.2. The van der Waals surface area contributed by atoms with Gasteiger partial charge in [-0.3, -0.25) is 4.79 Å². The first-order valence-electron chi connectivity index (χ1n) is 6.49. The molecule has 0 aliphatic carbocycles. The van der Waals surface area contributed by atoms with Crippen LogP contribution in [-0.4, -0.2) is 36.7 Å². The second kappa shape index (κ2) is 8.16. The molecule has 20 heavy (non-hydrogen) atoms. The molecule has 0 radical (unpaired) electrons. The van der Waals surface area contributed by atoms with Crippen LogP contribution in [0.3, 0.4) is 0 Å². The van der Waals surface area contributed by atoms with E-state index in [1.54, 1.807) is 24.3 Å². The van der Waals surface area contributed by atoms with E-state index in [-0.39, 0.29) is 18.4 Å². The van der Waals surface area contributed by atoms with Crippen LogP contribution in [0, 0.1) is 5.92 Å². The molecule has 0 fully saturated rings. The highest BCUT2D eigenvalue weighted by atomic mass is 16.5.